The van der Waals surface area contributed by atoms with Gasteiger partial charge in [-0.25, -0.2) is 0 Å². The minimum atomic E-state index is -0.816. The topological polar surface area (TPSA) is 102 Å². The van der Waals surface area contributed by atoms with Gasteiger partial charge in [0.2, 0.25) is 0 Å². The molecule has 0 radical (unpaired) electrons. The second-order valence-electron chi connectivity index (χ2n) is 8.28. The number of carboxylic acid groups (broad SMARTS) is 1. The van der Waals surface area contributed by atoms with Crippen molar-refractivity contribution >= 4 is 17.6 Å². The molecular formula is C24H28N2O6. The van der Waals surface area contributed by atoms with Gasteiger partial charge in [0.05, 0.1) is 20.5 Å². The van der Waals surface area contributed by atoms with Crippen LogP contribution in [0.15, 0.2) is 39.9 Å². The summed E-state index contributed by atoms with van der Waals surface area (Å²) in [5, 5.41) is 9.44. The Morgan fingerprint density at radius 2 is 2.00 bits per heavy atom. The third-order valence-corrected chi connectivity index (χ3v) is 6.41. The van der Waals surface area contributed by atoms with Crippen LogP contribution in [0, 0.1) is 11.8 Å². The lowest BCUT2D eigenvalue weighted by atomic mass is 9.78. The maximum atomic E-state index is 12.8. The largest absolute Gasteiger partial charge is 0.493 e. The highest BCUT2D eigenvalue weighted by atomic mass is 16.5. The normalized spacial score (nSPS) is 20.3. The van der Waals surface area contributed by atoms with Crippen LogP contribution < -0.4 is 9.47 Å². The summed E-state index contributed by atoms with van der Waals surface area (Å²) in [5.41, 5.74) is 3.08. The number of fused-ring (bicyclic) bond motifs is 1. The molecule has 32 heavy (non-hydrogen) atoms. The monoisotopic (exact) mass is 440 g/mol. The van der Waals surface area contributed by atoms with Crippen LogP contribution in [0.5, 0.6) is 11.5 Å². The van der Waals surface area contributed by atoms with Crippen molar-refractivity contribution < 1.29 is 28.6 Å². The highest BCUT2D eigenvalue weighted by Gasteiger charge is 2.35. The molecule has 0 saturated carbocycles. The van der Waals surface area contributed by atoms with Gasteiger partial charge in [0.25, 0.3) is 5.91 Å². The molecule has 170 valence electrons. The Bertz CT molecular complexity index is 1010. The Kier molecular flexibility index (Phi) is 6.48. The van der Waals surface area contributed by atoms with Gasteiger partial charge in [0.1, 0.15) is 0 Å². The van der Waals surface area contributed by atoms with Crippen LogP contribution in [0.3, 0.4) is 0 Å². The van der Waals surface area contributed by atoms with Gasteiger partial charge in [-0.3, -0.25) is 14.6 Å². The molecule has 1 fully saturated rings. The van der Waals surface area contributed by atoms with Crippen LogP contribution in [0.1, 0.15) is 40.9 Å². The molecule has 8 nitrogen and oxygen atoms in total. The Morgan fingerprint density at radius 1 is 1.22 bits per heavy atom. The summed E-state index contributed by atoms with van der Waals surface area (Å²) < 4.78 is 16.2. The SMILES string of the molecule is COc1cc2c(cc1OC)C(C[C@H]1CN(C(=O)c3ccco3)CC[C@H]1CC(=O)O)=NCC2. The maximum absolute atomic E-state index is 12.8. The van der Waals surface area contributed by atoms with Crippen molar-refractivity contribution in [2.75, 3.05) is 33.9 Å². The number of hydrogen-bond donors (Lipinski definition) is 1. The summed E-state index contributed by atoms with van der Waals surface area (Å²) in [6, 6.07) is 7.29. The number of benzene rings is 1. The van der Waals surface area contributed by atoms with E-state index in [9.17, 15) is 14.7 Å². The predicted molar refractivity (Wildman–Crippen MR) is 118 cm³/mol. The summed E-state index contributed by atoms with van der Waals surface area (Å²) in [7, 11) is 3.22. The Hall–Kier alpha value is -3.29. The summed E-state index contributed by atoms with van der Waals surface area (Å²) in [6.45, 7) is 1.66. The van der Waals surface area contributed by atoms with Crippen molar-refractivity contribution in [3.63, 3.8) is 0 Å². The van der Waals surface area contributed by atoms with E-state index in [1.165, 1.54) is 6.26 Å². The van der Waals surface area contributed by atoms with Crippen LogP contribution in [-0.2, 0) is 11.2 Å². The maximum Gasteiger partial charge on any atom is 0.303 e. The van der Waals surface area contributed by atoms with E-state index in [4.69, 9.17) is 18.9 Å². The molecule has 0 aliphatic carbocycles. The number of rotatable bonds is 7. The molecule has 1 aromatic heterocycles. The number of carbonyl (C=O) groups is 2. The summed E-state index contributed by atoms with van der Waals surface area (Å²) in [4.78, 5) is 30.9. The zero-order valence-corrected chi connectivity index (χ0v) is 18.4. The molecule has 1 aromatic carbocycles. The Labute approximate surface area is 186 Å². The first-order chi connectivity index (χ1) is 15.5. The molecular weight excluding hydrogens is 412 g/mol. The number of ether oxygens (including phenoxy) is 2. The van der Waals surface area contributed by atoms with E-state index in [1.807, 2.05) is 12.1 Å². The van der Waals surface area contributed by atoms with Gasteiger partial charge in [-0.1, -0.05) is 0 Å². The summed E-state index contributed by atoms with van der Waals surface area (Å²) in [6.07, 6.45) is 3.61. The highest BCUT2D eigenvalue weighted by Crippen LogP contribution is 2.36. The molecule has 2 aliphatic heterocycles. The molecule has 3 heterocycles. The number of piperidine rings is 1. The fraction of sp³-hybridized carbons (Fsp3) is 0.458. The fourth-order valence-electron chi connectivity index (χ4n) is 4.76. The Balaban J connectivity index is 1.59. The number of carbonyl (C=O) groups excluding carboxylic acids is 1. The minimum Gasteiger partial charge on any atom is -0.493 e. The number of furan rings is 1. The molecule has 0 spiro atoms. The lowest BCUT2D eigenvalue weighted by Gasteiger charge is -2.38. The Morgan fingerprint density at radius 3 is 2.69 bits per heavy atom. The average Bonchev–Trinajstić information content (AvgIpc) is 3.33. The summed E-state index contributed by atoms with van der Waals surface area (Å²) >= 11 is 0. The number of hydrogen-bond acceptors (Lipinski definition) is 6. The average molecular weight is 440 g/mol. The van der Waals surface area contributed by atoms with Crippen molar-refractivity contribution in [3.8, 4) is 11.5 Å². The number of carboxylic acids is 1. The van der Waals surface area contributed by atoms with Crippen molar-refractivity contribution in [1.29, 1.82) is 0 Å². The third-order valence-electron chi connectivity index (χ3n) is 6.41. The van der Waals surface area contributed by atoms with Crippen LogP contribution >= 0.6 is 0 Å². The first kappa shape index (κ1) is 21.9. The van der Waals surface area contributed by atoms with Gasteiger partial charge >= 0.3 is 5.97 Å². The van der Waals surface area contributed by atoms with Crippen LogP contribution in [0.4, 0.5) is 0 Å². The lowest BCUT2D eigenvalue weighted by Crippen LogP contribution is -2.45. The van der Waals surface area contributed by atoms with Gasteiger partial charge in [0, 0.05) is 37.3 Å². The van der Waals surface area contributed by atoms with Gasteiger partial charge < -0.3 is 23.9 Å². The predicted octanol–water partition coefficient (Wildman–Crippen LogP) is 3.29. The molecule has 0 bridgehead atoms. The van der Waals surface area contributed by atoms with Crippen molar-refractivity contribution in [1.82, 2.24) is 4.90 Å². The van der Waals surface area contributed by atoms with Gasteiger partial charge in [-0.2, -0.15) is 0 Å². The zero-order chi connectivity index (χ0) is 22.7. The van der Waals surface area contributed by atoms with Gasteiger partial charge in [0.15, 0.2) is 17.3 Å². The minimum absolute atomic E-state index is 0.0171. The zero-order valence-electron chi connectivity index (χ0n) is 18.4. The molecule has 8 heteroatoms. The van der Waals surface area contributed by atoms with E-state index in [2.05, 4.69) is 0 Å². The summed E-state index contributed by atoms with van der Waals surface area (Å²) in [5.74, 6) is 0.607. The van der Waals surface area contributed by atoms with E-state index in [0.717, 1.165) is 23.3 Å². The number of nitrogens with zero attached hydrogens (tertiary/aromatic N) is 2. The molecule has 1 saturated heterocycles. The van der Waals surface area contributed by atoms with Crippen LogP contribution in [0.2, 0.25) is 0 Å². The second kappa shape index (κ2) is 9.46. The van der Waals surface area contributed by atoms with Crippen molar-refractivity contribution in [3.05, 3.63) is 47.4 Å². The number of methoxy groups -OCH3 is 2. The van der Waals surface area contributed by atoms with E-state index in [1.54, 1.807) is 31.3 Å². The smallest absolute Gasteiger partial charge is 0.303 e. The molecule has 2 aliphatic rings. The first-order valence-corrected chi connectivity index (χ1v) is 10.8. The van der Waals surface area contributed by atoms with E-state index in [-0.39, 0.29) is 24.2 Å². The van der Waals surface area contributed by atoms with Crippen LogP contribution in [0.25, 0.3) is 0 Å². The van der Waals surface area contributed by atoms with Crippen molar-refractivity contribution in [2.24, 2.45) is 16.8 Å². The van der Waals surface area contributed by atoms with Gasteiger partial charge in [-0.15, -0.1) is 0 Å². The lowest BCUT2D eigenvalue weighted by molar-refractivity contribution is -0.138. The molecule has 0 unspecified atom stereocenters. The van der Waals surface area contributed by atoms with Crippen molar-refractivity contribution in [2.45, 2.75) is 25.7 Å². The molecule has 1 N–H and O–H groups in total. The number of aliphatic carboxylic acids is 1. The third kappa shape index (κ3) is 4.49. The quantitative estimate of drug-likeness (QED) is 0.709. The second-order valence-corrected chi connectivity index (χ2v) is 8.28. The standard InChI is InChI=1S/C24H28N2O6/c1-30-21-11-16-5-7-25-19(18(16)13-22(21)31-2)10-17-14-26(8-6-15(17)12-23(27)28)24(29)20-4-3-9-32-20/h3-4,9,11,13,15,17H,5-8,10,12,14H2,1-2H3,(H,27,28)/t15-,17-/m0/s1. The van der Waals surface area contributed by atoms with E-state index >= 15 is 0 Å². The molecule has 1 amide bonds. The van der Waals surface area contributed by atoms with Crippen LogP contribution in [-0.4, -0.2) is 61.4 Å². The van der Waals surface area contributed by atoms with Gasteiger partial charge in [-0.05, 0) is 60.9 Å². The van der Waals surface area contributed by atoms with E-state index < -0.39 is 5.97 Å². The number of amides is 1. The molecule has 2 aromatic rings. The fourth-order valence-corrected chi connectivity index (χ4v) is 4.76. The molecule has 2 atom stereocenters. The molecule has 4 rings (SSSR count). The number of aliphatic imine (C=N–C) groups is 1. The highest BCUT2D eigenvalue weighted by molar-refractivity contribution is 6.03. The van der Waals surface area contributed by atoms with E-state index in [0.29, 0.717) is 49.7 Å². The number of likely N-dealkylation sites (tertiary alicyclic amines) is 1. The first-order valence-electron chi connectivity index (χ1n) is 10.8.